The fraction of sp³-hybridized carbons (Fsp3) is 0.409. The second-order valence-corrected chi connectivity index (χ2v) is 8.50. The van der Waals surface area contributed by atoms with Crippen molar-refractivity contribution < 1.29 is 39.3 Å². The number of aromatic nitrogens is 1. The van der Waals surface area contributed by atoms with Gasteiger partial charge in [0.05, 0.1) is 12.5 Å². The normalized spacial score (nSPS) is 15.2. The standard InChI is InChI=1S/C22H29N5O8S/c1-10(28)18(23)21(33)26-15(7-17(29)30)20(32)25-14(19(31)27-16(9-36)22(34)35)6-11-8-24-13-5-3-2-4-12(11)13/h2-5,8,10,14-16,18,24,28,36H,6-7,9,23H2,1H3,(H,25,32)(H,26,33)(H,27,31)(H,29,30)(H,34,35). The van der Waals surface area contributed by atoms with Crippen LogP contribution in [0.15, 0.2) is 30.5 Å². The number of benzene rings is 1. The zero-order valence-electron chi connectivity index (χ0n) is 19.3. The molecule has 0 aliphatic rings. The first-order chi connectivity index (χ1) is 16.9. The van der Waals surface area contributed by atoms with E-state index in [4.69, 9.17) is 5.73 Å². The average Bonchev–Trinajstić information content (AvgIpc) is 3.23. The molecule has 0 spiro atoms. The molecule has 14 heteroatoms. The number of hydrogen-bond donors (Lipinski definition) is 9. The summed E-state index contributed by atoms with van der Waals surface area (Å²) in [5.74, 6) is -5.80. The van der Waals surface area contributed by atoms with Crippen molar-refractivity contribution in [2.75, 3.05) is 5.75 Å². The number of fused-ring (bicyclic) bond motifs is 1. The third-order valence-electron chi connectivity index (χ3n) is 5.36. The third-order valence-corrected chi connectivity index (χ3v) is 5.73. The highest BCUT2D eigenvalue weighted by atomic mass is 32.1. The van der Waals surface area contributed by atoms with Crippen LogP contribution in [0.2, 0.25) is 0 Å². The van der Waals surface area contributed by atoms with E-state index in [1.807, 2.05) is 0 Å². The maximum absolute atomic E-state index is 13.0. The molecule has 0 saturated carbocycles. The quantitative estimate of drug-likeness (QED) is 0.137. The van der Waals surface area contributed by atoms with Gasteiger partial charge < -0.3 is 42.0 Å². The van der Waals surface area contributed by atoms with Gasteiger partial charge in [-0.05, 0) is 18.6 Å². The van der Waals surface area contributed by atoms with Gasteiger partial charge >= 0.3 is 11.9 Å². The van der Waals surface area contributed by atoms with E-state index in [0.29, 0.717) is 5.56 Å². The number of carbonyl (C=O) groups is 5. The van der Waals surface area contributed by atoms with Gasteiger partial charge in [0, 0.05) is 29.3 Å². The smallest absolute Gasteiger partial charge is 0.327 e. The van der Waals surface area contributed by atoms with Crippen molar-refractivity contribution in [3.05, 3.63) is 36.0 Å². The summed E-state index contributed by atoms with van der Waals surface area (Å²) in [6.45, 7) is 1.25. The lowest BCUT2D eigenvalue weighted by molar-refractivity contribution is -0.143. The van der Waals surface area contributed by atoms with Gasteiger partial charge in [-0.3, -0.25) is 19.2 Å². The van der Waals surface area contributed by atoms with Gasteiger partial charge in [-0.1, -0.05) is 18.2 Å². The molecule has 1 aromatic carbocycles. The number of para-hydroxylation sites is 1. The largest absolute Gasteiger partial charge is 0.481 e. The van der Waals surface area contributed by atoms with Gasteiger partial charge in [0.25, 0.3) is 0 Å². The predicted molar refractivity (Wildman–Crippen MR) is 131 cm³/mol. The number of H-pyrrole nitrogens is 1. The Morgan fingerprint density at radius 3 is 2.14 bits per heavy atom. The summed E-state index contributed by atoms with van der Waals surface area (Å²) in [4.78, 5) is 63.9. The summed E-state index contributed by atoms with van der Waals surface area (Å²) >= 11 is 3.92. The van der Waals surface area contributed by atoms with E-state index in [-0.39, 0.29) is 12.2 Å². The molecule has 5 unspecified atom stereocenters. The Hall–Kier alpha value is -3.62. The van der Waals surface area contributed by atoms with Crippen LogP contribution in [0.4, 0.5) is 0 Å². The Balaban J connectivity index is 2.32. The van der Waals surface area contributed by atoms with Gasteiger partial charge in [-0.25, -0.2) is 4.79 Å². The van der Waals surface area contributed by atoms with Crippen molar-refractivity contribution in [1.82, 2.24) is 20.9 Å². The molecule has 0 bridgehead atoms. The van der Waals surface area contributed by atoms with Crippen molar-refractivity contribution in [3.63, 3.8) is 0 Å². The van der Waals surface area contributed by atoms with Crippen LogP contribution in [0, 0.1) is 0 Å². The van der Waals surface area contributed by atoms with E-state index in [9.17, 15) is 39.3 Å². The average molecular weight is 524 g/mol. The number of nitrogens with one attached hydrogen (secondary N) is 4. The number of aromatic amines is 1. The molecule has 196 valence electrons. The molecule has 36 heavy (non-hydrogen) atoms. The van der Waals surface area contributed by atoms with E-state index >= 15 is 0 Å². The number of aliphatic carboxylic acids is 2. The molecule has 0 saturated heterocycles. The van der Waals surface area contributed by atoms with E-state index < -0.39 is 66.4 Å². The van der Waals surface area contributed by atoms with Gasteiger partial charge in [-0.2, -0.15) is 12.6 Å². The molecule has 13 nitrogen and oxygen atoms in total. The van der Waals surface area contributed by atoms with Crippen molar-refractivity contribution in [2.24, 2.45) is 5.73 Å². The number of aliphatic hydroxyl groups excluding tert-OH is 1. The summed E-state index contributed by atoms with van der Waals surface area (Å²) < 4.78 is 0. The van der Waals surface area contributed by atoms with Crippen LogP contribution in [0.3, 0.4) is 0 Å². The van der Waals surface area contributed by atoms with Crippen molar-refractivity contribution in [3.8, 4) is 0 Å². The maximum Gasteiger partial charge on any atom is 0.327 e. The Bertz CT molecular complexity index is 1120. The van der Waals surface area contributed by atoms with Crippen molar-refractivity contribution >= 4 is 53.2 Å². The number of carboxylic acids is 2. The Kier molecular flexibility index (Phi) is 10.3. The summed E-state index contributed by atoms with van der Waals surface area (Å²) in [5.41, 5.74) is 6.95. The minimum absolute atomic E-state index is 0.0819. The van der Waals surface area contributed by atoms with Crippen molar-refractivity contribution in [2.45, 2.75) is 50.0 Å². The number of aliphatic hydroxyl groups is 1. The maximum atomic E-state index is 13.0. The van der Waals surface area contributed by atoms with Crippen LogP contribution in [0.25, 0.3) is 10.9 Å². The van der Waals surface area contributed by atoms with E-state index in [0.717, 1.165) is 10.9 Å². The van der Waals surface area contributed by atoms with Crippen LogP contribution in [-0.4, -0.2) is 86.0 Å². The van der Waals surface area contributed by atoms with Gasteiger partial charge in [0.15, 0.2) is 0 Å². The van der Waals surface area contributed by atoms with Crippen molar-refractivity contribution in [1.29, 1.82) is 0 Å². The monoisotopic (exact) mass is 523 g/mol. The molecule has 1 aromatic heterocycles. The molecule has 1 heterocycles. The highest BCUT2D eigenvalue weighted by Gasteiger charge is 2.32. The van der Waals surface area contributed by atoms with Crippen LogP contribution >= 0.6 is 12.6 Å². The van der Waals surface area contributed by atoms with Crippen LogP contribution in [0.1, 0.15) is 18.9 Å². The molecule has 2 aromatic rings. The first kappa shape index (κ1) is 28.6. The van der Waals surface area contributed by atoms with E-state index in [1.54, 1.807) is 30.5 Å². The predicted octanol–water partition coefficient (Wildman–Crippen LogP) is -1.64. The van der Waals surface area contributed by atoms with E-state index in [2.05, 4.69) is 33.6 Å². The number of amides is 3. The summed E-state index contributed by atoms with van der Waals surface area (Å²) in [6, 6.07) is 1.44. The zero-order valence-corrected chi connectivity index (χ0v) is 20.2. The Labute approximate surface area is 211 Å². The number of nitrogens with two attached hydrogens (primary N) is 1. The molecule has 5 atom stereocenters. The van der Waals surface area contributed by atoms with Gasteiger partial charge in [0.2, 0.25) is 17.7 Å². The minimum atomic E-state index is -1.63. The second kappa shape index (κ2) is 12.9. The van der Waals surface area contributed by atoms with Crippen LogP contribution in [0.5, 0.6) is 0 Å². The van der Waals surface area contributed by atoms with E-state index in [1.165, 1.54) is 6.92 Å². The third kappa shape index (κ3) is 7.69. The molecule has 0 fully saturated rings. The zero-order chi connectivity index (χ0) is 27.0. The number of rotatable bonds is 13. The fourth-order valence-corrected chi connectivity index (χ4v) is 3.58. The molecule has 0 aliphatic carbocycles. The Morgan fingerprint density at radius 2 is 1.56 bits per heavy atom. The number of hydrogen-bond acceptors (Lipinski definition) is 8. The lowest BCUT2D eigenvalue weighted by Crippen LogP contribution is -2.59. The second-order valence-electron chi connectivity index (χ2n) is 8.13. The minimum Gasteiger partial charge on any atom is -0.481 e. The fourth-order valence-electron chi connectivity index (χ4n) is 3.33. The summed E-state index contributed by atoms with van der Waals surface area (Å²) in [5, 5.41) is 35.6. The topological polar surface area (TPSA) is 224 Å². The van der Waals surface area contributed by atoms with Gasteiger partial charge in [-0.15, -0.1) is 0 Å². The summed E-state index contributed by atoms with van der Waals surface area (Å²) in [7, 11) is 0. The SMILES string of the molecule is CC(O)C(N)C(=O)NC(CC(=O)O)C(=O)NC(Cc1c[nH]c2ccccc12)C(=O)NC(CS)C(=O)O. The molecule has 3 amide bonds. The lowest BCUT2D eigenvalue weighted by atomic mass is 10.0. The van der Waals surface area contributed by atoms with Gasteiger partial charge in [0.1, 0.15) is 24.2 Å². The first-order valence-corrected chi connectivity index (χ1v) is 11.5. The first-order valence-electron chi connectivity index (χ1n) is 10.9. The lowest BCUT2D eigenvalue weighted by Gasteiger charge is -2.24. The number of thiol groups is 1. The molecule has 2 rings (SSSR count). The highest BCUT2D eigenvalue weighted by molar-refractivity contribution is 7.80. The highest BCUT2D eigenvalue weighted by Crippen LogP contribution is 2.19. The number of carbonyl (C=O) groups excluding carboxylic acids is 3. The Morgan fingerprint density at radius 1 is 0.972 bits per heavy atom. The molecular weight excluding hydrogens is 494 g/mol. The molecule has 0 aliphatic heterocycles. The van der Waals surface area contributed by atoms with Crippen LogP contribution < -0.4 is 21.7 Å². The number of carboxylic acid groups (broad SMARTS) is 2. The summed E-state index contributed by atoms with van der Waals surface area (Å²) in [6.07, 6.45) is -0.558. The van der Waals surface area contributed by atoms with Crippen LogP contribution in [-0.2, 0) is 30.4 Å². The molecule has 0 radical (unpaired) electrons. The molecule has 9 N–H and O–H groups in total. The molecular formula is C22H29N5O8S.